The average Bonchev–Trinajstić information content (AvgIpc) is 2.28. The van der Waals surface area contributed by atoms with E-state index in [9.17, 15) is 0 Å². The highest BCUT2D eigenvalue weighted by Gasteiger charge is 2.15. The minimum atomic E-state index is 0.690. The Morgan fingerprint density at radius 1 is 1.38 bits per heavy atom. The molecule has 0 amide bonds. The lowest BCUT2D eigenvalue weighted by molar-refractivity contribution is 0.181. The van der Waals surface area contributed by atoms with Gasteiger partial charge in [0.05, 0.1) is 0 Å². The van der Waals surface area contributed by atoms with E-state index >= 15 is 0 Å². The predicted molar refractivity (Wildman–Crippen MR) is 71.8 cm³/mol. The first-order valence-electron chi connectivity index (χ1n) is 7.18. The number of hydrogen-bond donors (Lipinski definition) is 1. The Hall–Kier alpha value is -0.0800. The molecule has 0 aromatic rings. The van der Waals surface area contributed by atoms with E-state index in [1.807, 2.05) is 0 Å². The maximum Gasteiger partial charge on any atom is 0.00360 e. The summed E-state index contributed by atoms with van der Waals surface area (Å²) in [5.74, 6) is 0.923. The van der Waals surface area contributed by atoms with Gasteiger partial charge in [-0.15, -0.1) is 0 Å². The van der Waals surface area contributed by atoms with Crippen molar-refractivity contribution >= 4 is 0 Å². The van der Waals surface area contributed by atoms with Crippen LogP contribution in [0.1, 0.15) is 52.9 Å². The molecule has 1 aliphatic heterocycles. The third-order valence-electron chi connectivity index (χ3n) is 3.75. The lowest BCUT2D eigenvalue weighted by atomic mass is 10.0. The van der Waals surface area contributed by atoms with Crippen molar-refractivity contribution in [2.24, 2.45) is 5.92 Å². The summed E-state index contributed by atoms with van der Waals surface area (Å²) in [5.41, 5.74) is 0. The highest BCUT2D eigenvalue weighted by Crippen LogP contribution is 2.15. The van der Waals surface area contributed by atoms with E-state index in [4.69, 9.17) is 0 Å². The molecule has 2 atom stereocenters. The van der Waals surface area contributed by atoms with Gasteiger partial charge in [0.2, 0.25) is 0 Å². The van der Waals surface area contributed by atoms with Crippen LogP contribution < -0.4 is 5.32 Å². The number of hydrogen-bond acceptors (Lipinski definition) is 2. The van der Waals surface area contributed by atoms with E-state index in [-0.39, 0.29) is 0 Å². The maximum absolute atomic E-state index is 3.56. The summed E-state index contributed by atoms with van der Waals surface area (Å²) < 4.78 is 0. The molecule has 16 heavy (non-hydrogen) atoms. The quantitative estimate of drug-likeness (QED) is 0.672. The van der Waals surface area contributed by atoms with Gasteiger partial charge in [0.15, 0.2) is 0 Å². The second-order valence-corrected chi connectivity index (χ2v) is 5.52. The van der Waals surface area contributed by atoms with Crippen LogP contribution in [0, 0.1) is 5.92 Å². The summed E-state index contributed by atoms with van der Waals surface area (Å²) in [6.07, 6.45) is 6.77. The predicted octanol–water partition coefficient (Wildman–Crippen LogP) is 2.89. The summed E-state index contributed by atoms with van der Waals surface area (Å²) in [6.45, 7) is 12.1. The molecule has 0 spiro atoms. The molecule has 0 aromatic carbocycles. The van der Waals surface area contributed by atoms with Crippen LogP contribution in [-0.4, -0.2) is 37.1 Å². The van der Waals surface area contributed by atoms with Gasteiger partial charge in [-0.1, -0.05) is 13.8 Å². The molecule has 96 valence electrons. The summed E-state index contributed by atoms with van der Waals surface area (Å²) >= 11 is 0. The van der Waals surface area contributed by atoms with Crippen molar-refractivity contribution in [1.82, 2.24) is 10.2 Å². The van der Waals surface area contributed by atoms with Crippen LogP contribution in [0.4, 0.5) is 0 Å². The van der Waals surface area contributed by atoms with Crippen molar-refractivity contribution in [2.45, 2.75) is 58.9 Å². The molecule has 1 aliphatic rings. The number of likely N-dealkylation sites (tertiary alicyclic amines) is 1. The standard InChI is InChI=1S/C14H30N2/c1-4-14(3)15-9-5-6-10-16-11-7-8-13(2)12-16/h13-15H,4-12H2,1-3H3. The Labute approximate surface area is 102 Å². The molecular formula is C14H30N2. The second-order valence-electron chi connectivity index (χ2n) is 5.52. The highest BCUT2D eigenvalue weighted by atomic mass is 15.1. The first-order valence-corrected chi connectivity index (χ1v) is 7.18. The SMILES string of the molecule is CCC(C)NCCCCN1CCCC(C)C1. The lowest BCUT2D eigenvalue weighted by Crippen LogP contribution is -2.35. The van der Waals surface area contributed by atoms with Crippen molar-refractivity contribution in [3.8, 4) is 0 Å². The third-order valence-corrected chi connectivity index (χ3v) is 3.75. The van der Waals surface area contributed by atoms with Gasteiger partial charge in [0.25, 0.3) is 0 Å². The van der Waals surface area contributed by atoms with Gasteiger partial charge in [-0.3, -0.25) is 0 Å². The fraction of sp³-hybridized carbons (Fsp3) is 1.00. The zero-order chi connectivity index (χ0) is 11.8. The van der Waals surface area contributed by atoms with E-state index in [0.717, 1.165) is 5.92 Å². The molecule has 0 saturated carbocycles. The number of rotatable bonds is 7. The Balaban J connectivity index is 1.94. The monoisotopic (exact) mass is 226 g/mol. The molecule has 2 unspecified atom stereocenters. The average molecular weight is 226 g/mol. The third kappa shape index (κ3) is 5.86. The van der Waals surface area contributed by atoms with Crippen molar-refractivity contribution in [3.63, 3.8) is 0 Å². The number of nitrogens with zero attached hydrogens (tertiary/aromatic N) is 1. The summed E-state index contributed by atoms with van der Waals surface area (Å²) in [5, 5.41) is 3.56. The molecule has 0 radical (unpaired) electrons. The normalized spacial score (nSPS) is 24.6. The van der Waals surface area contributed by atoms with E-state index in [1.54, 1.807) is 0 Å². The minimum absolute atomic E-state index is 0.690. The van der Waals surface area contributed by atoms with Gasteiger partial charge >= 0.3 is 0 Å². The van der Waals surface area contributed by atoms with Crippen LogP contribution in [-0.2, 0) is 0 Å². The van der Waals surface area contributed by atoms with E-state index in [2.05, 4.69) is 31.0 Å². The zero-order valence-electron chi connectivity index (χ0n) is 11.5. The maximum atomic E-state index is 3.56. The van der Waals surface area contributed by atoms with Crippen LogP contribution in [0.2, 0.25) is 0 Å². The molecule has 1 heterocycles. The largest absolute Gasteiger partial charge is 0.314 e. The number of unbranched alkanes of at least 4 members (excludes halogenated alkanes) is 1. The van der Waals surface area contributed by atoms with Crippen LogP contribution in [0.25, 0.3) is 0 Å². The van der Waals surface area contributed by atoms with Gasteiger partial charge in [0, 0.05) is 12.6 Å². The smallest absolute Gasteiger partial charge is 0.00360 e. The molecule has 1 saturated heterocycles. The summed E-state index contributed by atoms with van der Waals surface area (Å²) in [4.78, 5) is 2.65. The Kier molecular flexibility index (Phi) is 7.06. The first kappa shape index (κ1) is 14.0. The molecule has 2 heteroatoms. The van der Waals surface area contributed by atoms with Gasteiger partial charge in [-0.25, -0.2) is 0 Å². The fourth-order valence-electron chi connectivity index (χ4n) is 2.44. The molecule has 1 fully saturated rings. The van der Waals surface area contributed by atoms with Crippen molar-refractivity contribution in [2.75, 3.05) is 26.2 Å². The summed E-state index contributed by atoms with van der Waals surface area (Å²) in [6, 6.07) is 0.690. The Morgan fingerprint density at radius 2 is 2.19 bits per heavy atom. The van der Waals surface area contributed by atoms with Crippen LogP contribution in [0.15, 0.2) is 0 Å². The van der Waals surface area contributed by atoms with E-state index in [0.29, 0.717) is 6.04 Å². The summed E-state index contributed by atoms with van der Waals surface area (Å²) in [7, 11) is 0. The fourth-order valence-corrected chi connectivity index (χ4v) is 2.44. The zero-order valence-corrected chi connectivity index (χ0v) is 11.5. The minimum Gasteiger partial charge on any atom is -0.314 e. The van der Waals surface area contributed by atoms with Crippen molar-refractivity contribution < 1.29 is 0 Å². The molecule has 2 nitrogen and oxygen atoms in total. The Morgan fingerprint density at radius 3 is 2.88 bits per heavy atom. The highest BCUT2D eigenvalue weighted by molar-refractivity contribution is 4.69. The second kappa shape index (κ2) is 8.08. The molecule has 0 bridgehead atoms. The van der Waals surface area contributed by atoms with Crippen LogP contribution >= 0.6 is 0 Å². The lowest BCUT2D eigenvalue weighted by Gasteiger charge is -2.30. The molecule has 1 N–H and O–H groups in total. The number of piperidine rings is 1. The van der Waals surface area contributed by atoms with Gasteiger partial charge in [-0.2, -0.15) is 0 Å². The van der Waals surface area contributed by atoms with E-state index in [1.165, 1.54) is 58.3 Å². The first-order chi connectivity index (χ1) is 7.72. The van der Waals surface area contributed by atoms with Crippen molar-refractivity contribution in [1.29, 1.82) is 0 Å². The van der Waals surface area contributed by atoms with Gasteiger partial charge in [0.1, 0.15) is 0 Å². The van der Waals surface area contributed by atoms with E-state index < -0.39 is 0 Å². The molecular weight excluding hydrogens is 196 g/mol. The Bertz CT molecular complexity index is 170. The van der Waals surface area contributed by atoms with Crippen LogP contribution in [0.5, 0.6) is 0 Å². The van der Waals surface area contributed by atoms with Gasteiger partial charge < -0.3 is 10.2 Å². The topological polar surface area (TPSA) is 15.3 Å². The molecule has 0 aliphatic carbocycles. The number of nitrogens with one attached hydrogen (secondary N) is 1. The molecule has 1 rings (SSSR count). The van der Waals surface area contributed by atoms with Gasteiger partial charge in [-0.05, 0) is 64.6 Å². The van der Waals surface area contributed by atoms with Crippen molar-refractivity contribution in [3.05, 3.63) is 0 Å². The van der Waals surface area contributed by atoms with Crippen LogP contribution in [0.3, 0.4) is 0 Å². The molecule has 0 aromatic heterocycles.